The summed E-state index contributed by atoms with van der Waals surface area (Å²) in [6, 6.07) is 48.1. The molecule has 3 nitrogen and oxygen atoms in total. The predicted molar refractivity (Wildman–Crippen MR) is 208 cm³/mol. The number of halogens is 1. The molecule has 0 bridgehead atoms. The maximum atomic E-state index is 6.61. The van der Waals surface area contributed by atoms with Crippen molar-refractivity contribution in [2.45, 2.75) is 0 Å². The molecule has 0 atom stereocenters. The van der Waals surface area contributed by atoms with Gasteiger partial charge in [0.05, 0.1) is 26.9 Å². The fraction of sp³-hybridized carbons (Fsp3) is 0. The topological polar surface area (TPSA) is 30.7 Å². The summed E-state index contributed by atoms with van der Waals surface area (Å²) < 4.78 is 7.36. The lowest BCUT2D eigenvalue weighted by atomic mass is 10.00. The lowest BCUT2D eigenvalue weighted by Crippen LogP contribution is -1.95. The maximum Gasteiger partial charge on any atom is 0.223 e. The molecule has 0 saturated heterocycles. The summed E-state index contributed by atoms with van der Waals surface area (Å²) in [6.07, 6.45) is 0. The first kappa shape index (κ1) is 26.7. The van der Waals surface area contributed by atoms with Crippen LogP contribution in [-0.4, -0.2) is 14.5 Å². The molecule has 48 heavy (non-hydrogen) atoms. The summed E-state index contributed by atoms with van der Waals surface area (Å²) in [5, 5.41) is 11.6. The lowest BCUT2D eigenvalue weighted by molar-refractivity contribution is 1.18. The van der Waals surface area contributed by atoms with E-state index in [4.69, 9.17) is 21.6 Å². The molecule has 0 saturated carbocycles. The zero-order valence-electron chi connectivity index (χ0n) is 25.2. The van der Waals surface area contributed by atoms with Gasteiger partial charge in [-0.15, -0.1) is 22.7 Å². The number of benzene rings is 7. The average molecular weight is 668 g/mol. The van der Waals surface area contributed by atoms with Gasteiger partial charge in [-0.1, -0.05) is 109 Å². The molecule has 4 heterocycles. The molecule has 0 fully saturated rings. The third-order valence-electron chi connectivity index (χ3n) is 9.72. The molecular formula is C42H22ClN3S2. The van der Waals surface area contributed by atoms with Gasteiger partial charge in [0.1, 0.15) is 0 Å². The van der Waals surface area contributed by atoms with Crippen LogP contribution >= 0.6 is 34.3 Å². The summed E-state index contributed by atoms with van der Waals surface area (Å²) in [6.45, 7) is 0. The van der Waals surface area contributed by atoms with E-state index in [0.29, 0.717) is 0 Å². The van der Waals surface area contributed by atoms with Crippen molar-refractivity contribution in [1.29, 1.82) is 0 Å². The van der Waals surface area contributed by atoms with Gasteiger partial charge in [0.15, 0.2) is 0 Å². The first-order valence-electron chi connectivity index (χ1n) is 15.9. The monoisotopic (exact) mass is 667 g/mol. The molecule has 0 aliphatic heterocycles. The first-order chi connectivity index (χ1) is 23.7. The van der Waals surface area contributed by atoms with E-state index in [1.54, 1.807) is 11.3 Å². The Morgan fingerprint density at radius 3 is 2.06 bits per heavy atom. The second-order valence-corrected chi connectivity index (χ2v) is 14.7. The summed E-state index contributed by atoms with van der Waals surface area (Å²) in [4.78, 5) is 9.51. The van der Waals surface area contributed by atoms with Crippen molar-refractivity contribution in [3.8, 4) is 16.9 Å². The van der Waals surface area contributed by atoms with Crippen LogP contribution in [0.15, 0.2) is 133 Å². The highest BCUT2D eigenvalue weighted by Gasteiger charge is 2.22. The van der Waals surface area contributed by atoms with Crippen LogP contribution in [0.2, 0.25) is 5.28 Å². The second-order valence-electron chi connectivity index (χ2n) is 12.3. The molecule has 0 unspecified atom stereocenters. The quantitative estimate of drug-likeness (QED) is 0.172. The molecule has 7 aromatic carbocycles. The number of nitrogens with zero attached hydrogens (tertiary/aromatic N) is 3. The van der Waals surface area contributed by atoms with E-state index in [2.05, 4.69) is 138 Å². The van der Waals surface area contributed by atoms with Gasteiger partial charge in [0.25, 0.3) is 0 Å². The zero-order valence-corrected chi connectivity index (χ0v) is 27.6. The molecule has 6 heteroatoms. The zero-order chi connectivity index (χ0) is 31.5. The van der Waals surface area contributed by atoms with Crippen molar-refractivity contribution in [3.63, 3.8) is 0 Å². The van der Waals surface area contributed by atoms with E-state index in [1.807, 2.05) is 11.3 Å². The summed E-state index contributed by atoms with van der Waals surface area (Å²) in [5.74, 6) is 0. The third-order valence-corrected chi connectivity index (χ3v) is 12.3. The van der Waals surface area contributed by atoms with Crippen molar-refractivity contribution in [3.05, 3.63) is 139 Å². The second kappa shape index (κ2) is 9.85. The Hall–Kier alpha value is -5.33. The van der Waals surface area contributed by atoms with Crippen LogP contribution in [0, 0.1) is 0 Å². The number of thiophene rings is 2. The van der Waals surface area contributed by atoms with E-state index < -0.39 is 0 Å². The van der Waals surface area contributed by atoms with Gasteiger partial charge >= 0.3 is 0 Å². The Morgan fingerprint density at radius 1 is 0.500 bits per heavy atom. The number of rotatable bonds is 2. The number of fused-ring (bicyclic) bond motifs is 15. The Kier molecular flexibility index (Phi) is 5.48. The standard InChI is InChI=1S/C42H22ClN3S2/c43-42-44-36(41-37(45-42)31-22-19-23-9-1-2-10-26(23)39(31)48-41)24-17-20-25(21-18-24)46-32-15-7-5-13-29(32)34-35-30-14-6-8-16-33(30)47-40(35)28-12-4-3-11-27(28)38(34)46/h1-22H. The van der Waals surface area contributed by atoms with Crippen molar-refractivity contribution in [2.24, 2.45) is 0 Å². The highest BCUT2D eigenvalue weighted by molar-refractivity contribution is 7.27. The molecular weight excluding hydrogens is 646 g/mol. The Bertz CT molecular complexity index is 3130. The van der Waals surface area contributed by atoms with E-state index >= 15 is 0 Å². The van der Waals surface area contributed by atoms with E-state index in [9.17, 15) is 0 Å². The molecule has 0 spiro atoms. The highest BCUT2D eigenvalue weighted by atomic mass is 35.5. The molecule has 11 aromatic rings. The lowest BCUT2D eigenvalue weighted by Gasteiger charge is -2.12. The minimum atomic E-state index is 0.260. The van der Waals surface area contributed by atoms with Gasteiger partial charge in [-0.25, -0.2) is 9.97 Å². The number of hydrogen-bond acceptors (Lipinski definition) is 4. The smallest absolute Gasteiger partial charge is 0.223 e. The van der Waals surface area contributed by atoms with Crippen molar-refractivity contribution >= 4 is 118 Å². The largest absolute Gasteiger partial charge is 0.309 e. The predicted octanol–water partition coefficient (Wildman–Crippen LogP) is 12.9. The SMILES string of the molecule is Clc1nc(-c2ccc(-n3c4ccccc4c4c5c6ccccc6sc5c5ccccc5c43)cc2)c2sc3c4ccccc4ccc3c2n1. The molecule has 0 aliphatic rings. The van der Waals surface area contributed by atoms with Crippen LogP contribution in [0.4, 0.5) is 0 Å². The van der Waals surface area contributed by atoms with Gasteiger partial charge in [-0.3, -0.25) is 0 Å². The number of aromatic nitrogens is 3. The third kappa shape index (κ3) is 3.58. The van der Waals surface area contributed by atoms with Crippen LogP contribution in [0.5, 0.6) is 0 Å². The van der Waals surface area contributed by atoms with Crippen molar-refractivity contribution < 1.29 is 0 Å². The van der Waals surface area contributed by atoms with E-state index in [1.165, 1.54) is 68.2 Å². The van der Waals surface area contributed by atoms with Crippen LogP contribution in [0.1, 0.15) is 0 Å². The van der Waals surface area contributed by atoms with E-state index in [-0.39, 0.29) is 5.28 Å². The number of para-hydroxylation sites is 1. The Labute approximate surface area is 286 Å². The normalized spacial score (nSPS) is 12.3. The van der Waals surface area contributed by atoms with Gasteiger partial charge in [0, 0.05) is 63.1 Å². The summed E-state index contributed by atoms with van der Waals surface area (Å²) in [5.41, 5.74) is 6.31. The summed E-state index contributed by atoms with van der Waals surface area (Å²) >= 11 is 10.2. The average Bonchev–Trinajstić information content (AvgIpc) is 3.82. The van der Waals surface area contributed by atoms with Crippen LogP contribution in [0.3, 0.4) is 0 Å². The van der Waals surface area contributed by atoms with Crippen molar-refractivity contribution in [1.82, 2.24) is 14.5 Å². The van der Waals surface area contributed by atoms with Crippen LogP contribution < -0.4 is 0 Å². The first-order valence-corrected chi connectivity index (χ1v) is 17.9. The maximum absolute atomic E-state index is 6.61. The van der Waals surface area contributed by atoms with Gasteiger partial charge < -0.3 is 4.57 Å². The van der Waals surface area contributed by atoms with Gasteiger partial charge in [-0.2, -0.15) is 0 Å². The van der Waals surface area contributed by atoms with Gasteiger partial charge in [0.2, 0.25) is 5.28 Å². The fourth-order valence-corrected chi connectivity index (χ4v) is 10.4. The van der Waals surface area contributed by atoms with Crippen LogP contribution in [0.25, 0.3) is 101 Å². The fourth-order valence-electron chi connectivity index (χ4n) is 7.70. The molecule has 11 rings (SSSR count). The Morgan fingerprint density at radius 2 is 1.21 bits per heavy atom. The molecule has 0 amide bonds. The minimum Gasteiger partial charge on any atom is -0.309 e. The molecule has 224 valence electrons. The molecule has 0 aliphatic carbocycles. The molecule has 0 radical (unpaired) electrons. The molecule has 4 aromatic heterocycles. The minimum absolute atomic E-state index is 0.260. The number of hydrogen-bond donors (Lipinski definition) is 0. The van der Waals surface area contributed by atoms with Crippen LogP contribution in [-0.2, 0) is 0 Å². The highest BCUT2D eigenvalue weighted by Crippen LogP contribution is 2.48. The van der Waals surface area contributed by atoms with E-state index in [0.717, 1.165) is 32.5 Å². The van der Waals surface area contributed by atoms with Crippen molar-refractivity contribution in [2.75, 3.05) is 0 Å². The van der Waals surface area contributed by atoms with Gasteiger partial charge in [-0.05, 0) is 46.6 Å². The summed E-state index contributed by atoms with van der Waals surface area (Å²) in [7, 11) is 0. The Balaban J connectivity index is 1.19. The molecule has 0 N–H and O–H groups in total.